The van der Waals surface area contributed by atoms with Crippen LogP contribution in [0.4, 0.5) is 0 Å². The number of amides is 1. The summed E-state index contributed by atoms with van der Waals surface area (Å²) in [5.74, 6) is -0.0634. The van der Waals surface area contributed by atoms with Gasteiger partial charge in [0.05, 0.1) is 18.8 Å². The third kappa shape index (κ3) is 30.4. The van der Waals surface area contributed by atoms with E-state index in [2.05, 4.69) is 19.2 Å². The highest BCUT2D eigenvalue weighted by molar-refractivity contribution is 5.76. The van der Waals surface area contributed by atoms with E-state index in [0.717, 1.165) is 25.7 Å². The van der Waals surface area contributed by atoms with Crippen LogP contribution in [0.5, 0.6) is 0 Å². The molecule has 41 heavy (non-hydrogen) atoms. The molecule has 0 bridgehead atoms. The van der Waals surface area contributed by atoms with Crippen LogP contribution in [-0.4, -0.2) is 34.9 Å². The summed E-state index contributed by atoms with van der Waals surface area (Å²) in [4.78, 5) is 12.3. The molecule has 0 rings (SSSR count). The lowest BCUT2D eigenvalue weighted by Gasteiger charge is -2.20. The molecule has 4 nitrogen and oxygen atoms in total. The van der Waals surface area contributed by atoms with Gasteiger partial charge < -0.3 is 15.5 Å². The number of allylic oxidation sites excluding steroid dienone is 1. The molecule has 0 radical (unpaired) electrons. The summed E-state index contributed by atoms with van der Waals surface area (Å²) in [5, 5.41) is 22.9. The van der Waals surface area contributed by atoms with Crippen LogP contribution in [0.2, 0.25) is 0 Å². The number of rotatable bonds is 33. The van der Waals surface area contributed by atoms with E-state index in [1.807, 2.05) is 6.08 Å². The molecular weight excluding hydrogens is 506 g/mol. The van der Waals surface area contributed by atoms with Crippen molar-refractivity contribution in [1.29, 1.82) is 0 Å². The van der Waals surface area contributed by atoms with Crippen LogP contribution >= 0.6 is 0 Å². The molecule has 2 atom stereocenters. The predicted octanol–water partition coefficient (Wildman–Crippen LogP) is 10.7. The summed E-state index contributed by atoms with van der Waals surface area (Å²) >= 11 is 0. The smallest absolute Gasteiger partial charge is 0.220 e. The van der Waals surface area contributed by atoms with Crippen molar-refractivity contribution >= 4 is 5.91 Å². The Kier molecular flexibility index (Phi) is 32.9. The first-order valence-electron chi connectivity index (χ1n) is 18.4. The Bertz CT molecular complexity index is 550. The van der Waals surface area contributed by atoms with Crippen LogP contribution in [0.1, 0.15) is 200 Å². The van der Waals surface area contributed by atoms with E-state index in [-0.39, 0.29) is 12.5 Å². The first-order valence-corrected chi connectivity index (χ1v) is 18.4. The number of unbranched alkanes of at least 4 members (excludes halogenated alkanes) is 26. The number of carbonyl (C=O) groups is 1. The van der Waals surface area contributed by atoms with Gasteiger partial charge in [-0.05, 0) is 19.3 Å². The van der Waals surface area contributed by atoms with Gasteiger partial charge in [0.15, 0.2) is 0 Å². The van der Waals surface area contributed by atoms with Crippen LogP contribution < -0.4 is 5.32 Å². The van der Waals surface area contributed by atoms with E-state index in [9.17, 15) is 15.0 Å². The van der Waals surface area contributed by atoms with E-state index in [1.54, 1.807) is 6.08 Å². The topological polar surface area (TPSA) is 69.6 Å². The van der Waals surface area contributed by atoms with Gasteiger partial charge in [0, 0.05) is 6.42 Å². The number of nitrogens with one attached hydrogen (secondary N) is 1. The Hall–Kier alpha value is -0.870. The Labute approximate surface area is 256 Å². The number of carbonyl (C=O) groups excluding carboxylic acids is 1. The molecule has 0 aromatic carbocycles. The molecule has 0 saturated carbocycles. The standard InChI is InChI=1S/C37H73NO3/c1-3-5-7-9-11-13-15-17-18-19-21-22-24-26-28-30-32-36(40)35(34-39)38-37(41)33-31-29-27-25-23-20-16-14-12-10-8-6-4-2/h30,32,35-36,39-40H,3-29,31,33-34H2,1-2H3,(H,38,41)/b32-30+. The molecular formula is C37H73NO3. The minimum absolute atomic E-state index is 0.0634. The van der Waals surface area contributed by atoms with Crippen molar-refractivity contribution < 1.29 is 15.0 Å². The van der Waals surface area contributed by atoms with Crippen molar-refractivity contribution in [2.75, 3.05) is 6.61 Å². The third-order valence-corrected chi connectivity index (χ3v) is 8.52. The van der Waals surface area contributed by atoms with Crippen molar-refractivity contribution in [3.8, 4) is 0 Å². The lowest BCUT2D eigenvalue weighted by Crippen LogP contribution is -2.45. The summed E-state index contributed by atoms with van der Waals surface area (Å²) in [7, 11) is 0. The minimum atomic E-state index is -0.831. The average Bonchev–Trinajstić information content (AvgIpc) is 2.97. The molecule has 0 fully saturated rings. The van der Waals surface area contributed by atoms with Gasteiger partial charge >= 0.3 is 0 Å². The first-order chi connectivity index (χ1) is 20.2. The second kappa shape index (κ2) is 33.6. The molecule has 4 heteroatoms. The van der Waals surface area contributed by atoms with Crippen LogP contribution in [0.15, 0.2) is 12.2 Å². The lowest BCUT2D eigenvalue weighted by molar-refractivity contribution is -0.123. The zero-order valence-electron chi connectivity index (χ0n) is 27.8. The largest absolute Gasteiger partial charge is 0.394 e. The van der Waals surface area contributed by atoms with Crippen molar-refractivity contribution in [3.05, 3.63) is 12.2 Å². The van der Waals surface area contributed by atoms with Gasteiger partial charge in [0.25, 0.3) is 0 Å². The fourth-order valence-corrected chi connectivity index (χ4v) is 5.65. The zero-order valence-corrected chi connectivity index (χ0v) is 27.8. The molecule has 0 aromatic rings. The fraction of sp³-hybridized carbons (Fsp3) is 0.919. The maximum Gasteiger partial charge on any atom is 0.220 e. The molecule has 0 spiro atoms. The van der Waals surface area contributed by atoms with Crippen LogP contribution in [-0.2, 0) is 4.79 Å². The van der Waals surface area contributed by atoms with E-state index in [0.29, 0.717) is 6.42 Å². The molecule has 3 N–H and O–H groups in total. The molecule has 0 heterocycles. The molecule has 0 aliphatic carbocycles. The average molecular weight is 580 g/mol. The van der Waals surface area contributed by atoms with E-state index < -0.39 is 12.1 Å². The van der Waals surface area contributed by atoms with Gasteiger partial charge in [0.2, 0.25) is 5.91 Å². The quantitative estimate of drug-likeness (QED) is 0.0535. The second-order valence-electron chi connectivity index (χ2n) is 12.7. The summed E-state index contributed by atoms with van der Waals surface area (Å²) in [6.07, 6.45) is 40.0. The molecule has 2 unspecified atom stereocenters. The van der Waals surface area contributed by atoms with Crippen molar-refractivity contribution in [3.63, 3.8) is 0 Å². The van der Waals surface area contributed by atoms with Gasteiger partial charge in [-0.15, -0.1) is 0 Å². The summed E-state index contributed by atoms with van der Waals surface area (Å²) in [6, 6.07) is -0.614. The number of aliphatic hydroxyl groups is 2. The summed E-state index contributed by atoms with van der Waals surface area (Å²) < 4.78 is 0. The van der Waals surface area contributed by atoms with Gasteiger partial charge in [0.1, 0.15) is 0 Å². The summed E-state index contributed by atoms with van der Waals surface area (Å²) in [5.41, 5.74) is 0. The molecule has 244 valence electrons. The first kappa shape index (κ1) is 40.1. The van der Waals surface area contributed by atoms with E-state index in [1.165, 1.54) is 154 Å². The highest BCUT2D eigenvalue weighted by Crippen LogP contribution is 2.15. The normalized spacial score (nSPS) is 13.2. The Morgan fingerprint density at radius 1 is 0.561 bits per heavy atom. The Morgan fingerprint density at radius 3 is 1.27 bits per heavy atom. The molecule has 0 aliphatic heterocycles. The van der Waals surface area contributed by atoms with Gasteiger partial charge in [-0.2, -0.15) is 0 Å². The van der Waals surface area contributed by atoms with Crippen LogP contribution in [0.3, 0.4) is 0 Å². The van der Waals surface area contributed by atoms with Crippen LogP contribution in [0.25, 0.3) is 0 Å². The SMILES string of the molecule is CCCCCCCCCCCCCCCC/C=C/C(O)C(CO)NC(=O)CCCCCCCCCCCCCCC. The molecule has 1 amide bonds. The Balaban J connectivity index is 3.60. The fourth-order valence-electron chi connectivity index (χ4n) is 5.65. The Morgan fingerprint density at radius 2 is 0.902 bits per heavy atom. The van der Waals surface area contributed by atoms with Gasteiger partial charge in [-0.3, -0.25) is 4.79 Å². The monoisotopic (exact) mass is 580 g/mol. The van der Waals surface area contributed by atoms with Gasteiger partial charge in [-0.1, -0.05) is 187 Å². The highest BCUT2D eigenvalue weighted by Gasteiger charge is 2.17. The molecule has 0 aliphatic rings. The maximum absolute atomic E-state index is 12.3. The molecule has 0 saturated heterocycles. The number of aliphatic hydroxyl groups excluding tert-OH is 2. The molecule has 0 aromatic heterocycles. The second-order valence-corrected chi connectivity index (χ2v) is 12.7. The highest BCUT2D eigenvalue weighted by atomic mass is 16.3. The van der Waals surface area contributed by atoms with E-state index in [4.69, 9.17) is 0 Å². The lowest BCUT2D eigenvalue weighted by atomic mass is 10.0. The number of hydrogen-bond donors (Lipinski definition) is 3. The van der Waals surface area contributed by atoms with Crippen molar-refractivity contribution in [2.45, 2.75) is 212 Å². The van der Waals surface area contributed by atoms with Gasteiger partial charge in [-0.25, -0.2) is 0 Å². The predicted molar refractivity (Wildman–Crippen MR) is 179 cm³/mol. The third-order valence-electron chi connectivity index (χ3n) is 8.52. The number of hydrogen-bond acceptors (Lipinski definition) is 3. The van der Waals surface area contributed by atoms with E-state index >= 15 is 0 Å². The minimum Gasteiger partial charge on any atom is -0.394 e. The zero-order chi connectivity index (χ0) is 30.1. The van der Waals surface area contributed by atoms with Crippen molar-refractivity contribution in [1.82, 2.24) is 5.32 Å². The van der Waals surface area contributed by atoms with Crippen LogP contribution in [0, 0.1) is 0 Å². The summed E-state index contributed by atoms with van der Waals surface area (Å²) in [6.45, 7) is 4.30. The maximum atomic E-state index is 12.3. The van der Waals surface area contributed by atoms with Crippen molar-refractivity contribution in [2.24, 2.45) is 0 Å².